The van der Waals surface area contributed by atoms with Crippen molar-refractivity contribution in [1.29, 1.82) is 0 Å². The maximum Gasteiger partial charge on any atom is 0.105 e. The Labute approximate surface area is 86.8 Å². The molecule has 0 aliphatic rings. The molecule has 0 aliphatic heterocycles. The summed E-state index contributed by atoms with van der Waals surface area (Å²) in [7, 11) is -2.12. The van der Waals surface area contributed by atoms with Crippen LogP contribution in [0.4, 0.5) is 0 Å². The normalized spacial score (nSPS) is 12.4. The molecule has 0 amide bonds. The Morgan fingerprint density at radius 3 is 1.71 bits per heavy atom. The van der Waals surface area contributed by atoms with E-state index < -0.39 is 7.14 Å². The fraction of sp³-hybridized carbons (Fsp3) is 1.00. The molecular formula is C9H22NO3P. The van der Waals surface area contributed by atoms with Crippen LogP contribution in [0.15, 0.2) is 0 Å². The number of hydrogen-bond donors (Lipinski definition) is 0. The van der Waals surface area contributed by atoms with Crippen molar-refractivity contribution in [3.05, 3.63) is 0 Å². The van der Waals surface area contributed by atoms with E-state index in [1.165, 1.54) is 5.23 Å². The molecule has 0 saturated heterocycles. The molecule has 0 bridgehead atoms. The highest BCUT2D eigenvalue weighted by atomic mass is 31.2. The van der Waals surface area contributed by atoms with E-state index in [0.29, 0.717) is 31.8 Å². The summed E-state index contributed by atoms with van der Waals surface area (Å²) >= 11 is 0. The molecule has 0 radical (unpaired) electrons. The van der Waals surface area contributed by atoms with Crippen molar-refractivity contribution in [2.75, 3.05) is 31.8 Å². The third kappa shape index (κ3) is 5.11. The highest BCUT2D eigenvalue weighted by Gasteiger charge is 2.22. The van der Waals surface area contributed by atoms with Crippen LogP contribution in [0.2, 0.25) is 0 Å². The van der Waals surface area contributed by atoms with E-state index in [1.54, 1.807) is 0 Å². The standard InChI is InChI=1S/C9H22NO3P/c1-5-12-10(13-6-2)9-14(11,7-3)8-4/h5-9H2,1-4H3. The zero-order chi connectivity index (χ0) is 11.0. The minimum Gasteiger partial charge on any atom is -0.322 e. The van der Waals surface area contributed by atoms with E-state index in [9.17, 15) is 4.57 Å². The third-order valence-corrected chi connectivity index (χ3v) is 5.12. The van der Waals surface area contributed by atoms with Gasteiger partial charge in [-0.3, -0.25) is 9.68 Å². The molecule has 0 N–H and O–H groups in total. The zero-order valence-electron chi connectivity index (χ0n) is 9.65. The van der Waals surface area contributed by atoms with Crippen LogP contribution < -0.4 is 0 Å². The Kier molecular flexibility index (Phi) is 7.47. The van der Waals surface area contributed by atoms with Gasteiger partial charge in [-0.2, -0.15) is 0 Å². The van der Waals surface area contributed by atoms with Gasteiger partial charge < -0.3 is 4.57 Å². The lowest BCUT2D eigenvalue weighted by atomic mass is 10.9. The number of rotatable bonds is 8. The molecule has 5 heteroatoms. The number of hydrogen-bond acceptors (Lipinski definition) is 4. The first kappa shape index (κ1) is 14.1. The molecule has 0 aliphatic carbocycles. The first-order chi connectivity index (χ1) is 6.61. The fourth-order valence-electron chi connectivity index (χ4n) is 1.04. The molecule has 0 fully saturated rings. The van der Waals surface area contributed by atoms with Crippen molar-refractivity contribution >= 4 is 7.14 Å². The first-order valence-electron chi connectivity index (χ1n) is 5.22. The van der Waals surface area contributed by atoms with Crippen molar-refractivity contribution in [3.63, 3.8) is 0 Å². The minimum atomic E-state index is -2.12. The van der Waals surface area contributed by atoms with E-state index in [0.717, 1.165) is 0 Å². The van der Waals surface area contributed by atoms with Gasteiger partial charge in [0.15, 0.2) is 0 Å². The minimum absolute atomic E-state index is 0.391. The van der Waals surface area contributed by atoms with E-state index in [2.05, 4.69) is 0 Å². The quantitative estimate of drug-likeness (QED) is 0.468. The Balaban J connectivity index is 4.18. The maximum atomic E-state index is 12.1. The van der Waals surface area contributed by atoms with Gasteiger partial charge in [0.2, 0.25) is 0 Å². The van der Waals surface area contributed by atoms with Gasteiger partial charge in [-0.05, 0) is 26.2 Å². The molecule has 0 heterocycles. The van der Waals surface area contributed by atoms with Gasteiger partial charge in [0.1, 0.15) is 13.4 Å². The monoisotopic (exact) mass is 223 g/mol. The van der Waals surface area contributed by atoms with Crippen LogP contribution in [0.3, 0.4) is 0 Å². The average molecular weight is 223 g/mol. The molecule has 0 aromatic carbocycles. The molecule has 0 rings (SSSR count). The molecular weight excluding hydrogens is 201 g/mol. The third-order valence-electron chi connectivity index (χ3n) is 2.07. The van der Waals surface area contributed by atoms with Gasteiger partial charge in [-0.25, -0.2) is 0 Å². The van der Waals surface area contributed by atoms with Crippen LogP contribution in [-0.4, -0.2) is 37.0 Å². The summed E-state index contributed by atoms with van der Waals surface area (Å²) in [5, 5.41) is 1.37. The largest absolute Gasteiger partial charge is 0.322 e. The topological polar surface area (TPSA) is 38.8 Å². The summed E-state index contributed by atoms with van der Waals surface area (Å²) in [6.45, 7) is 8.73. The second kappa shape index (κ2) is 7.41. The highest BCUT2D eigenvalue weighted by molar-refractivity contribution is 7.63. The zero-order valence-corrected chi connectivity index (χ0v) is 10.5. The molecule has 86 valence electrons. The van der Waals surface area contributed by atoms with Crippen LogP contribution in [0.1, 0.15) is 27.7 Å². The lowest BCUT2D eigenvalue weighted by molar-refractivity contribution is -0.355. The Morgan fingerprint density at radius 1 is 1.00 bits per heavy atom. The van der Waals surface area contributed by atoms with Crippen molar-refractivity contribution in [2.24, 2.45) is 0 Å². The molecule has 0 aromatic rings. The molecule has 4 nitrogen and oxygen atoms in total. The van der Waals surface area contributed by atoms with Crippen LogP contribution in [0.25, 0.3) is 0 Å². The fourth-order valence-corrected chi connectivity index (χ4v) is 2.47. The second-order valence-electron chi connectivity index (χ2n) is 3.00. The van der Waals surface area contributed by atoms with E-state index in [-0.39, 0.29) is 0 Å². The molecule has 0 saturated carbocycles. The molecule has 0 unspecified atom stereocenters. The van der Waals surface area contributed by atoms with Crippen LogP contribution >= 0.6 is 7.14 Å². The van der Waals surface area contributed by atoms with Gasteiger partial charge in [0.05, 0.1) is 13.2 Å². The highest BCUT2D eigenvalue weighted by Crippen LogP contribution is 2.45. The van der Waals surface area contributed by atoms with Gasteiger partial charge in [-0.1, -0.05) is 19.1 Å². The van der Waals surface area contributed by atoms with Gasteiger partial charge in [0.25, 0.3) is 0 Å². The smallest absolute Gasteiger partial charge is 0.105 e. The Bertz CT molecular complexity index is 173. The summed E-state index contributed by atoms with van der Waals surface area (Å²) < 4.78 is 12.1. The summed E-state index contributed by atoms with van der Waals surface area (Å²) in [6.07, 6.45) is 1.78. The van der Waals surface area contributed by atoms with Crippen LogP contribution in [0.5, 0.6) is 0 Å². The molecule has 0 spiro atoms. The predicted octanol–water partition coefficient (Wildman–Crippen LogP) is 2.55. The van der Waals surface area contributed by atoms with Crippen molar-refractivity contribution < 1.29 is 14.2 Å². The first-order valence-corrected chi connectivity index (χ1v) is 7.48. The summed E-state index contributed by atoms with van der Waals surface area (Å²) in [4.78, 5) is 10.4. The lowest BCUT2D eigenvalue weighted by Gasteiger charge is -2.24. The van der Waals surface area contributed by atoms with E-state index in [4.69, 9.17) is 9.68 Å². The summed E-state index contributed by atoms with van der Waals surface area (Å²) in [5.74, 6) is 0. The van der Waals surface area contributed by atoms with Gasteiger partial charge >= 0.3 is 0 Å². The molecule has 0 aromatic heterocycles. The summed E-state index contributed by atoms with van der Waals surface area (Å²) in [5.41, 5.74) is 0. The number of nitrogens with zero attached hydrogens (tertiary/aromatic N) is 1. The maximum absolute atomic E-state index is 12.1. The van der Waals surface area contributed by atoms with Crippen LogP contribution in [-0.2, 0) is 14.2 Å². The predicted molar refractivity (Wildman–Crippen MR) is 58.6 cm³/mol. The van der Waals surface area contributed by atoms with Crippen LogP contribution in [0, 0.1) is 0 Å². The molecule has 0 atom stereocenters. The molecule has 14 heavy (non-hydrogen) atoms. The van der Waals surface area contributed by atoms with Gasteiger partial charge in [0, 0.05) is 0 Å². The second-order valence-corrected chi connectivity index (χ2v) is 6.66. The van der Waals surface area contributed by atoms with Crippen molar-refractivity contribution in [2.45, 2.75) is 27.7 Å². The average Bonchev–Trinajstić information content (AvgIpc) is 2.18. The van der Waals surface area contributed by atoms with Crippen molar-refractivity contribution in [1.82, 2.24) is 5.23 Å². The summed E-state index contributed by atoms with van der Waals surface area (Å²) in [6, 6.07) is 0. The van der Waals surface area contributed by atoms with E-state index >= 15 is 0 Å². The Morgan fingerprint density at radius 2 is 1.43 bits per heavy atom. The number of hydroxylamine groups is 2. The van der Waals surface area contributed by atoms with Crippen molar-refractivity contribution in [3.8, 4) is 0 Å². The Hall–Kier alpha value is 0.110. The van der Waals surface area contributed by atoms with E-state index in [1.807, 2.05) is 27.7 Å². The van der Waals surface area contributed by atoms with Gasteiger partial charge in [-0.15, -0.1) is 0 Å². The SMILES string of the molecule is CCON(CP(=O)(CC)CC)OCC. The lowest BCUT2D eigenvalue weighted by Crippen LogP contribution is -2.26.